The van der Waals surface area contributed by atoms with E-state index in [2.05, 4.69) is 15.3 Å². The van der Waals surface area contributed by atoms with Gasteiger partial charge in [0, 0.05) is 12.0 Å². The van der Waals surface area contributed by atoms with E-state index in [1.165, 1.54) is 0 Å². The summed E-state index contributed by atoms with van der Waals surface area (Å²) in [5, 5.41) is 2.66. The number of halogens is 1. The Morgan fingerprint density at radius 2 is 2.00 bits per heavy atom. The van der Waals surface area contributed by atoms with Crippen LogP contribution >= 0.6 is 12.4 Å². The Balaban J connectivity index is 0.00000361. The lowest BCUT2D eigenvalue weighted by Crippen LogP contribution is -2.34. The quantitative estimate of drug-likeness (QED) is 0.719. The molecule has 4 N–H and O–H groups in total. The van der Waals surface area contributed by atoms with Crippen LogP contribution in [0, 0.1) is 6.92 Å². The van der Waals surface area contributed by atoms with Gasteiger partial charge in [0.1, 0.15) is 11.4 Å². The van der Waals surface area contributed by atoms with Crippen LogP contribution in [-0.2, 0) is 5.41 Å². The van der Waals surface area contributed by atoms with Crippen molar-refractivity contribution in [1.82, 2.24) is 15.3 Å². The average Bonchev–Trinajstić information content (AvgIpc) is 2.27. The van der Waals surface area contributed by atoms with Crippen LogP contribution in [0.1, 0.15) is 49.1 Å². The number of nitrogens with two attached hydrogens (primary N) is 1. The number of aromatic amines is 1. The fraction of sp³-hybridized carbons (Fsp3) is 0.615. The van der Waals surface area contributed by atoms with Crippen molar-refractivity contribution in [3.63, 3.8) is 0 Å². The molecule has 1 amide bonds. The fourth-order valence-corrected chi connectivity index (χ4v) is 1.60. The Morgan fingerprint density at radius 1 is 1.40 bits per heavy atom. The molecule has 6 nitrogen and oxygen atoms in total. The van der Waals surface area contributed by atoms with E-state index in [1.807, 2.05) is 20.8 Å². The van der Waals surface area contributed by atoms with E-state index < -0.39 is 11.5 Å². The van der Waals surface area contributed by atoms with Gasteiger partial charge in [-0.2, -0.15) is 0 Å². The maximum absolute atomic E-state index is 12.0. The standard InChI is InChI=1S/C13H22N4O2.ClH/c1-8-9(10(18)15-7-5-6-14)11(19)17-12(16-8)13(2,3)4;/h5-7,14H2,1-4H3,(H,15,18)(H,16,17,19);1H. The lowest BCUT2D eigenvalue weighted by atomic mass is 9.95. The minimum atomic E-state index is -0.403. The van der Waals surface area contributed by atoms with Gasteiger partial charge in [0.2, 0.25) is 0 Å². The summed E-state index contributed by atoms with van der Waals surface area (Å²) in [5.41, 5.74) is 5.20. The number of carbonyl (C=O) groups is 1. The zero-order valence-electron chi connectivity index (χ0n) is 12.4. The summed E-state index contributed by atoms with van der Waals surface area (Å²) in [4.78, 5) is 30.9. The number of nitrogens with zero attached hydrogens (tertiary/aromatic N) is 1. The van der Waals surface area contributed by atoms with Crippen molar-refractivity contribution in [2.45, 2.75) is 39.5 Å². The van der Waals surface area contributed by atoms with Crippen LogP contribution in [0.2, 0.25) is 0 Å². The van der Waals surface area contributed by atoms with E-state index in [1.54, 1.807) is 6.92 Å². The average molecular weight is 303 g/mol. The smallest absolute Gasteiger partial charge is 0.264 e. The lowest BCUT2D eigenvalue weighted by molar-refractivity contribution is 0.0950. The summed E-state index contributed by atoms with van der Waals surface area (Å²) in [6.07, 6.45) is 0.677. The van der Waals surface area contributed by atoms with Gasteiger partial charge in [0.05, 0.1) is 5.69 Å². The van der Waals surface area contributed by atoms with Crippen molar-refractivity contribution in [2.75, 3.05) is 13.1 Å². The minimum absolute atomic E-state index is 0. The maximum atomic E-state index is 12.0. The predicted molar refractivity (Wildman–Crippen MR) is 81.5 cm³/mol. The molecule has 0 unspecified atom stereocenters. The number of amides is 1. The highest BCUT2D eigenvalue weighted by Gasteiger charge is 2.21. The Labute approximate surface area is 125 Å². The van der Waals surface area contributed by atoms with Crippen molar-refractivity contribution in [2.24, 2.45) is 5.73 Å². The van der Waals surface area contributed by atoms with Crippen LogP contribution < -0.4 is 16.6 Å². The van der Waals surface area contributed by atoms with E-state index in [-0.39, 0.29) is 23.4 Å². The van der Waals surface area contributed by atoms with Crippen molar-refractivity contribution in [3.8, 4) is 0 Å². The maximum Gasteiger partial charge on any atom is 0.264 e. The zero-order chi connectivity index (χ0) is 14.6. The molecule has 0 bridgehead atoms. The van der Waals surface area contributed by atoms with Gasteiger partial charge < -0.3 is 16.0 Å². The molecule has 0 aliphatic heterocycles. The Hall–Kier alpha value is -1.40. The van der Waals surface area contributed by atoms with Gasteiger partial charge in [-0.25, -0.2) is 4.98 Å². The van der Waals surface area contributed by atoms with Crippen molar-refractivity contribution >= 4 is 18.3 Å². The first-order valence-electron chi connectivity index (χ1n) is 6.37. The normalized spacial score (nSPS) is 10.8. The van der Waals surface area contributed by atoms with E-state index >= 15 is 0 Å². The highest BCUT2D eigenvalue weighted by molar-refractivity contribution is 5.94. The Morgan fingerprint density at radius 3 is 2.45 bits per heavy atom. The summed E-state index contributed by atoms with van der Waals surface area (Å²) >= 11 is 0. The Bertz CT molecular complexity index is 520. The second-order valence-electron chi connectivity index (χ2n) is 5.52. The number of H-pyrrole nitrogens is 1. The monoisotopic (exact) mass is 302 g/mol. The van der Waals surface area contributed by atoms with E-state index in [0.29, 0.717) is 31.0 Å². The number of hydrogen-bond donors (Lipinski definition) is 3. The molecule has 20 heavy (non-hydrogen) atoms. The highest BCUT2D eigenvalue weighted by Crippen LogP contribution is 2.17. The minimum Gasteiger partial charge on any atom is -0.352 e. The zero-order valence-corrected chi connectivity index (χ0v) is 13.2. The third-order valence-electron chi connectivity index (χ3n) is 2.70. The molecular weight excluding hydrogens is 280 g/mol. The predicted octanol–water partition coefficient (Wildman–Crippen LogP) is 0.876. The molecule has 1 aromatic rings. The number of hydrogen-bond acceptors (Lipinski definition) is 4. The van der Waals surface area contributed by atoms with Crippen molar-refractivity contribution in [1.29, 1.82) is 0 Å². The first-order valence-corrected chi connectivity index (χ1v) is 6.37. The fourth-order valence-electron chi connectivity index (χ4n) is 1.60. The largest absolute Gasteiger partial charge is 0.352 e. The molecule has 0 aliphatic rings. The van der Waals surface area contributed by atoms with Crippen LogP contribution in [-0.4, -0.2) is 29.0 Å². The van der Waals surface area contributed by atoms with Crippen LogP contribution in [0.3, 0.4) is 0 Å². The van der Waals surface area contributed by atoms with Crippen molar-refractivity contribution in [3.05, 3.63) is 27.4 Å². The number of carbonyl (C=O) groups excluding carboxylic acids is 1. The number of aryl methyl sites for hydroxylation is 1. The molecular formula is C13H23ClN4O2. The molecule has 0 atom stereocenters. The molecule has 0 fully saturated rings. The van der Waals surface area contributed by atoms with Gasteiger partial charge in [0.15, 0.2) is 0 Å². The van der Waals surface area contributed by atoms with Gasteiger partial charge >= 0.3 is 0 Å². The first-order chi connectivity index (χ1) is 8.77. The first kappa shape index (κ1) is 18.6. The summed E-state index contributed by atoms with van der Waals surface area (Å²) in [7, 11) is 0. The SMILES string of the molecule is Cc1nc(C(C)(C)C)[nH]c(=O)c1C(=O)NCCCN.Cl. The molecule has 0 saturated heterocycles. The van der Waals surface area contributed by atoms with Gasteiger partial charge in [-0.3, -0.25) is 9.59 Å². The summed E-state index contributed by atoms with van der Waals surface area (Å²) in [6, 6.07) is 0. The van der Waals surface area contributed by atoms with Gasteiger partial charge in [0.25, 0.3) is 11.5 Å². The lowest BCUT2D eigenvalue weighted by Gasteiger charge is -2.18. The second kappa shape index (κ2) is 7.40. The number of nitrogens with one attached hydrogen (secondary N) is 2. The summed E-state index contributed by atoms with van der Waals surface area (Å²) in [5.74, 6) is 0.175. The Kier molecular flexibility index (Phi) is 6.88. The summed E-state index contributed by atoms with van der Waals surface area (Å²) < 4.78 is 0. The molecule has 0 saturated carbocycles. The van der Waals surface area contributed by atoms with Crippen molar-refractivity contribution < 1.29 is 4.79 Å². The molecule has 1 heterocycles. The van der Waals surface area contributed by atoms with E-state index in [0.717, 1.165) is 0 Å². The topological polar surface area (TPSA) is 101 Å². The molecule has 114 valence electrons. The van der Waals surface area contributed by atoms with Gasteiger partial charge in [-0.1, -0.05) is 20.8 Å². The molecule has 0 aliphatic carbocycles. The van der Waals surface area contributed by atoms with E-state index in [9.17, 15) is 9.59 Å². The highest BCUT2D eigenvalue weighted by atomic mass is 35.5. The molecule has 0 spiro atoms. The molecule has 0 radical (unpaired) electrons. The van der Waals surface area contributed by atoms with Crippen LogP contribution in [0.5, 0.6) is 0 Å². The molecule has 0 aromatic carbocycles. The van der Waals surface area contributed by atoms with Crippen LogP contribution in [0.25, 0.3) is 0 Å². The molecule has 7 heteroatoms. The van der Waals surface area contributed by atoms with Crippen LogP contribution in [0.4, 0.5) is 0 Å². The summed E-state index contributed by atoms with van der Waals surface area (Å²) in [6.45, 7) is 8.47. The number of rotatable bonds is 4. The number of aromatic nitrogens is 2. The van der Waals surface area contributed by atoms with Crippen LogP contribution in [0.15, 0.2) is 4.79 Å². The third-order valence-corrected chi connectivity index (χ3v) is 2.70. The molecule has 1 aromatic heterocycles. The third kappa shape index (κ3) is 4.61. The van der Waals surface area contributed by atoms with E-state index in [4.69, 9.17) is 5.73 Å². The van der Waals surface area contributed by atoms with Gasteiger partial charge in [-0.15, -0.1) is 12.4 Å². The second-order valence-corrected chi connectivity index (χ2v) is 5.52. The van der Waals surface area contributed by atoms with Gasteiger partial charge in [-0.05, 0) is 19.9 Å². The molecule has 1 rings (SSSR count).